The largest absolute Gasteiger partial charge is 0.388 e. The standard InChI is InChI=1S/C13H14N2OS/c1-2-12(16)10-4-6-11(7-5-10)17-13-14-8-3-9-15-13/h3-9,12,16H,2H2,1H3/t12-/m0/s1. The molecule has 0 saturated heterocycles. The normalized spacial score (nSPS) is 12.4. The molecule has 0 aliphatic rings. The number of aliphatic hydroxyl groups is 1. The number of benzene rings is 1. The monoisotopic (exact) mass is 246 g/mol. The Morgan fingerprint density at radius 3 is 2.41 bits per heavy atom. The van der Waals surface area contributed by atoms with Crippen molar-refractivity contribution < 1.29 is 5.11 Å². The topological polar surface area (TPSA) is 46.0 Å². The quantitative estimate of drug-likeness (QED) is 0.842. The van der Waals surface area contributed by atoms with Gasteiger partial charge in [0.15, 0.2) is 5.16 Å². The first-order chi connectivity index (χ1) is 8.29. The van der Waals surface area contributed by atoms with Crippen molar-refractivity contribution in [1.82, 2.24) is 9.97 Å². The van der Waals surface area contributed by atoms with Crippen LogP contribution in [-0.4, -0.2) is 15.1 Å². The zero-order chi connectivity index (χ0) is 12.1. The second kappa shape index (κ2) is 5.80. The van der Waals surface area contributed by atoms with Gasteiger partial charge in [-0.05, 0) is 41.9 Å². The fraction of sp³-hybridized carbons (Fsp3) is 0.231. The number of hydrogen-bond donors (Lipinski definition) is 1. The summed E-state index contributed by atoms with van der Waals surface area (Å²) in [5.41, 5.74) is 0.950. The van der Waals surface area contributed by atoms with Crippen molar-refractivity contribution in [1.29, 1.82) is 0 Å². The second-order valence-electron chi connectivity index (χ2n) is 3.63. The Morgan fingerprint density at radius 1 is 1.18 bits per heavy atom. The van der Waals surface area contributed by atoms with Gasteiger partial charge in [0, 0.05) is 17.3 Å². The Kier molecular flexibility index (Phi) is 4.12. The molecule has 1 aromatic heterocycles. The third kappa shape index (κ3) is 3.28. The van der Waals surface area contributed by atoms with Gasteiger partial charge >= 0.3 is 0 Å². The highest BCUT2D eigenvalue weighted by molar-refractivity contribution is 7.99. The average molecular weight is 246 g/mol. The summed E-state index contributed by atoms with van der Waals surface area (Å²) in [6.07, 6.45) is 3.81. The van der Waals surface area contributed by atoms with Crippen LogP contribution in [0.5, 0.6) is 0 Å². The molecule has 1 aromatic carbocycles. The summed E-state index contributed by atoms with van der Waals surface area (Å²) < 4.78 is 0. The van der Waals surface area contributed by atoms with Gasteiger partial charge in [-0.15, -0.1) is 0 Å². The molecule has 4 heteroatoms. The fourth-order valence-electron chi connectivity index (χ4n) is 1.44. The fourth-order valence-corrected chi connectivity index (χ4v) is 2.15. The molecule has 0 saturated carbocycles. The second-order valence-corrected chi connectivity index (χ2v) is 4.67. The van der Waals surface area contributed by atoms with Gasteiger partial charge in [0.05, 0.1) is 6.10 Å². The zero-order valence-electron chi connectivity index (χ0n) is 9.58. The molecular weight excluding hydrogens is 232 g/mol. The summed E-state index contributed by atoms with van der Waals surface area (Å²) in [5, 5.41) is 10.4. The predicted octanol–water partition coefficient (Wildman–Crippen LogP) is 3.07. The highest BCUT2D eigenvalue weighted by Gasteiger charge is 2.05. The summed E-state index contributed by atoms with van der Waals surface area (Å²) in [7, 11) is 0. The van der Waals surface area contributed by atoms with E-state index in [1.807, 2.05) is 31.2 Å². The summed E-state index contributed by atoms with van der Waals surface area (Å²) in [4.78, 5) is 9.37. The smallest absolute Gasteiger partial charge is 0.192 e. The Hall–Kier alpha value is -1.39. The van der Waals surface area contributed by atoms with Crippen LogP contribution in [0.15, 0.2) is 52.8 Å². The highest BCUT2D eigenvalue weighted by Crippen LogP contribution is 2.26. The summed E-state index contributed by atoms with van der Waals surface area (Å²) in [5.74, 6) is 0. The van der Waals surface area contributed by atoms with E-state index in [4.69, 9.17) is 0 Å². The van der Waals surface area contributed by atoms with Crippen LogP contribution in [0.4, 0.5) is 0 Å². The number of nitrogens with zero attached hydrogens (tertiary/aromatic N) is 2. The lowest BCUT2D eigenvalue weighted by Gasteiger charge is -2.08. The minimum absolute atomic E-state index is 0.373. The van der Waals surface area contributed by atoms with Gasteiger partial charge in [0.2, 0.25) is 0 Å². The van der Waals surface area contributed by atoms with E-state index in [0.29, 0.717) is 0 Å². The van der Waals surface area contributed by atoms with Crippen molar-refractivity contribution in [3.8, 4) is 0 Å². The van der Waals surface area contributed by atoms with Crippen LogP contribution in [0, 0.1) is 0 Å². The molecule has 1 atom stereocenters. The van der Waals surface area contributed by atoms with Gasteiger partial charge in [0.1, 0.15) is 0 Å². The minimum Gasteiger partial charge on any atom is -0.388 e. The molecule has 17 heavy (non-hydrogen) atoms. The Balaban J connectivity index is 2.08. The van der Waals surface area contributed by atoms with E-state index >= 15 is 0 Å². The Bertz CT molecular complexity index is 459. The molecular formula is C13H14N2OS. The van der Waals surface area contributed by atoms with Gasteiger partial charge < -0.3 is 5.11 Å². The lowest BCUT2D eigenvalue weighted by atomic mass is 10.1. The van der Waals surface area contributed by atoms with Crippen molar-refractivity contribution in [2.75, 3.05) is 0 Å². The van der Waals surface area contributed by atoms with Gasteiger partial charge in [-0.25, -0.2) is 9.97 Å². The summed E-state index contributed by atoms with van der Waals surface area (Å²) in [6, 6.07) is 9.65. The van der Waals surface area contributed by atoms with Crippen molar-refractivity contribution in [3.05, 3.63) is 48.3 Å². The van der Waals surface area contributed by atoms with E-state index in [1.165, 1.54) is 11.8 Å². The molecule has 1 N–H and O–H groups in total. The molecule has 0 spiro atoms. The third-order valence-electron chi connectivity index (χ3n) is 2.40. The van der Waals surface area contributed by atoms with Crippen LogP contribution in [0.1, 0.15) is 25.0 Å². The van der Waals surface area contributed by atoms with Crippen molar-refractivity contribution in [3.63, 3.8) is 0 Å². The van der Waals surface area contributed by atoms with Crippen LogP contribution in [0.3, 0.4) is 0 Å². The molecule has 1 heterocycles. The van der Waals surface area contributed by atoms with Crippen LogP contribution < -0.4 is 0 Å². The maximum Gasteiger partial charge on any atom is 0.192 e. The maximum atomic E-state index is 9.68. The number of aromatic nitrogens is 2. The first-order valence-corrected chi connectivity index (χ1v) is 6.34. The lowest BCUT2D eigenvalue weighted by molar-refractivity contribution is 0.173. The highest BCUT2D eigenvalue weighted by atomic mass is 32.2. The zero-order valence-corrected chi connectivity index (χ0v) is 10.4. The number of aliphatic hydroxyl groups excluding tert-OH is 1. The SMILES string of the molecule is CC[C@H](O)c1ccc(Sc2ncccn2)cc1. The molecule has 0 amide bonds. The van der Waals surface area contributed by atoms with E-state index in [1.54, 1.807) is 18.5 Å². The van der Waals surface area contributed by atoms with Crippen LogP contribution in [0.2, 0.25) is 0 Å². The average Bonchev–Trinajstić information content (AvgIpc) is 2.40. The van der Waals surface area contributed by atoms with Gasteiger partial charge in [-0.1, -0.05) is 19.1 Å². The first-order valence-electron chi connectivity index (χ1n) is 5.52. The molecule has 0 aliphatic heterocycles. The van der Waals surface area contributed by atoms with E-state index < -0.39 is 0 Å². The maximum absolute atomic E-state index is 9.68. The van der Waals surface area contributed by atoms with Crippen molar-refractivity contribution in [2.45, 2.75) is 29.5 Å². The summed E-state index contributed by atoms with van der Waals surface area (Å²) in [6.45, 7) is 1.96. The third-order valence-corrected chi connectivity index (χ3v) is 3.30. The van der Waals surface area contributed by atoms with Crippen LogP contribution in [0.25, 0.3) is 0 Å². The van der Waals surface area contributed by atoms with Gasteiger partial charge in [0.25, 0.3) is 0 Å². The molecule has 0 fully saturated rings. The van der Waals surface area contributed by atoms with Gasteiger partial charge in [-0.3, -0.25) is 0 Å². The van der Waals surface area contributed by atoms with E-state index in [-0.39, 0.29) is 6.10 Å². The van der Waals surface area contributed by atoms with E-state index in [2.05, 4.69) is 9.97 Å². The minimum atomic E-state index is -0.373. The van der Waals surface area contributed by atoms with Crippen LogP contribution in [-0.2, 0) is 0 Å². The van der Waals surface area contributed by atoms with E-state index in [9.17, 15) is 5.11 Å². The molecule has 88 valence electrons. The van der Waals surface area contributed by atoms with Gasteiger partial charge in [-0.2, -0.15) is 0 Å². The number of rotatable bonds is 4. The molecule has 3 nitrogen and oxygen atoms in total. The molecule has 2 aromatic rings. The number of hydrogen-bond acceptors (Lipinski definition) is 4. The van der Waals surface area contributed by atoms with Crippen molar-refractivity contribution in [2.24, 2.45) is 0 Å². The molecule has 0 aliphatic carbocycles. The Morgan fingerprint density at radius 2 is 1.82 bits per heavy atom. The van der Waals surface area contributed by atoms with E-state index in [0.717, 1.165) is 22.0 Å². The van der Waals surface area contributed by atoms with Crippen LogP contribution >= 0.6 is 11.8 Å². The molecule has 0 unspecified atom stereocenters. The molecule has 0 radical (unpaired) electrons. The van der Waals surface area contributed by atoms with Crippen molar-refractivity contribution >= 4 is 11.8 Å². The summed E-state index contributed by atoms with van der Waals surface area (Å²) >= 11 is 1.51. The molecule has 2 rings (SSSR count). The Labute approximate surface area is 105 Å². The molecule has 0 bridgehead atoms. The predicted molar refractivity (Wildman–Crippen MR) is 67.8 cm³/mol. The lowest BCUT2D eigenvalue weighted by Crippen LogP contribution is -1.94. The first kappa shape index (κ1) is 12.1.